The monoisotopic (exact) mass is 338 g/mol. The highest BCUT2D eigenvalue weighted by atomic mass is 16.5. The van der Waals surface area contributed by atoms with E-state index in [-0.39, 0.29) is 18.2 Å². The van der Waals surface area contributed by atoms with Gasteiger partial charge in [0.05, 0.1) is 19.8 Å². The second-order valence-electron chi connectivity index (χ2n) is 6.10. The maximum absolute atomic E-state index is 12.3. The van der Waals surface area contributed by atoms with E-state index in [2.05, 4.69) is 4.98 Å². The van der Waals surface area contributed by atoms with Crippen LogP contribution in [-0.4, -0.2) is 35.8 Å². The van der Waals surface area contributed by atoms with Gasteiger partial charge in [0.15, 0.2) is 0 Å². The zero-order chi connectivity index (χ0) is 17.8. The predicted octanol–water partition coefficient (Wildman–Crippen LogP) is 2.70. The molecule has 1 atom stereocenters. The fourth-order valence-corrected chi connectivity index (χ4v) is 3.01. The quantitative estimate of drug-likeness (QED) is 0.725. The molecule has 0 aliphatic rings. The Morgan fingerprint density at radius 3 is 2.56 bits per heavy atom. The van der Waals surface area contributed by atoms with Crippen molar-refractivity contribution in [2.45, 2.75) is 12.6 Å². The normalized spacial score (nSPS) is 12.5. The molecule has 0 spiro atoms. The number of nitrogens with zero attached hydrogens (tertiary/aromatic N) is 1. The maximum atomic E-state index is 12.3. The second-order valence-corrected chi connectivity index (χ2v) is 6.10. The summed E-state index contributed by atoms with van der Waals surface area (Å²) >= 11 is 0. The second kappa shape index (κ2) is 7.51. The zero-order valence-electron chi connectivity index (χ0n) is 14.4. The first-order chi connectivity index (χ1) is 12.1. The lowest BCUT2D eigenvalue weighted by molar-refractivity contribution is 0.142. The first-order valence-electron chi connectivity index (χ1n) is 8.18. The van der Waals surface area contributed by atoms with Gasteiger partial charge in [-0.3, -0.25) is 9.69 Å². The van der Waals surface area contributed by atoms with E-state index < -0.39 is 0 Å². The molecule has 0 saturated heterocycles. The number of hydrogen-bond acceptors (Lipinski definition) is 4. The fourth-order valence-electron chi connectivity index (χ4n) is 3.01. The number of fused-ring (bicyclic) bond motifs is 1. The van der Waals surface area contributed by atoms with E-state index in [1.165, 1.54) is 0 Å². The minimum Gasteiger partial charge on any atom is -0.497 e. The van der Waals surface area contributed by atoms with Crippen molar-refractivity contribution in [1.29, 1.82) is 0 Å². The van der Waals surface area contributed by atoms with Gasteiger partial charge in [-0.1, -0.05) is 30.3 Å². The minimum atomic E-state index is -0.197. The Labute approximate surface area is 146 Å². The van der Waals surface area contributed by atoms with Gasteiger partial charge in [-0.2, -0.15) is 0 Å². The fraction of sp³-hybridized carbons (Fsp3) is 0.250. The van der Waals surface area contributed by atoms with Gasteiger partial charge in [-0.15, -0.1) is 0 Å². The van der Waals surface area contributed by atoms with E-state index in [1.54, 1.807) is 7.11 Å². The molecular weight excluding hydrogens is 316 g/mol. The molecule has 2 aromatic carbocycles. The number of para-hydroxylation sites is 1. The number of aromatic amines is 1. The molecule has 3 aromatic rings. The van der Waals surface area contributed by atoms with Crippen LogP contribution in [0, 0.1) is 0 Å². The third kappa shape index (κ3) is 3.73. The smallest absolute Gasteiger partial charge is 0.252 e. The van der Waals surface area contributed by atoms with Crippen LogP contribution in [0.5, 0.6) is 5.75 Å². The zero-order valence-corrected chi connectivity index (χ0v) is 14.4. The van der Waals surface area contributed by atoms with Gasteiger partial charge >= 0.3 is 0 Å². The van der Waals surface area contributed by atoms with Crippen LogP contribution in [0.3, 0.4) is 0 Å². The summed E-state index contributed by atoms with van der Waals surface area (Å²) in [6.45, 7) is 0.408. The van der Waals surface area contributed by atoms with E-state index in [1.807, 2.05) is 66.5 Å². The number of benzene rings is 2. The van der Waals surface area contributed by atoms with Gasteiger partial charge in [-0.05, 0) is 42.3 Å². The van der Waals surface area contributed by atoms with Crippen LogP contribution in [0.15, 0.2) is 59.4 Å². The molecule has 5 nitrogen and oxygen atoms in total. The molecule has 0 radical (unpaired) electrons. The number of aliphatic hydroxyl groups excluding tert-OH is 1. The van der Waals surface area contributed by atoms with Crippen molar-refractivity contribution in [1.82, 2.24) is 9.88 Å². The van der Waals surface area contributed by atoms with Crippen molar-refractivity contribution in [3.8, 4) is 5.75 Å². The highest BCUT2D eigenvalue weighted by Gasteiger charge is 2.18. The van der Waals surface area contributed by atoms with Gasteiger partial charge in [0, 0.05) is 17.6 Å². The third-order valence-electron chi connectivity index (χ3n) is 4.46. The van der Waals surface area contributed by atoms with Crippen molar-refractivity contribution in [2.75, 3.05) is 20.8 Å². The SMILES string of the molecule is COc1ccc(C(CO)N(C)Cc2cc3ccccc3[nH]c2=O)cc1. The van der Waals surface area contributed by atoms with Crippen LogP contribution < -0.4 is 10.3 Å². The number of pyridine rings is 1. The van der Waals surface area contributed by atoms with Crippen molar-refractivity contribution < 1.29 is 9.84 Å². The standard InChI is InChI=1S/C20H22N2O3/c1-22(19(13-23)14-7-9-17(25-2)10-8-14)12-16-11-15-5-3-4-6-18(15)21-20(16)24/h3-11,19,23H,12-13H2,1-2H3,(H,21,24). The highest BCUT2D eigenvalue weighted by molar-refractivity contribution is 5.78. The average Bonchev–Trinajstić information content (AvgIpc) is 2.63. The Morgan fingerprint density at radius 1 is 1.16 bits per heavy atom. The van der Waals surface area contributed by atoms with Gasteiger partial charge in [0.25, 0.3) is 5.56 Å². The number of likely N-dealkylation sites (N-methyl/N-ethyl adjacent to an activating group) is 1. The minimum absolute atomic E-state index is 0.0334. The lowest BCUT2D eigenvalue weighted by atomic mass is 10.1. The number of ether oxygens (including phenoxy) is 1. The average molecular weight is 338 g/mol. The van der Waals surface area contributed by atoms with Gasteiger partial charge in [-0.25, -0.2) is 0 Å². The van der Waals surface area contributed by atoms with E-state index >= 15 is 0 Å². The number of aliphatic hydroxyl groups is 1. The van der Waals surface area contributed by atoms with E-state index in [0.29, 0.717) is 12.1 Å². The lowest BCUT2D eigenvalue weighted by Gasteiger charge is -2.26. The maximum Gasteiger partial charge on any atom is 0.252 e. The first kappa shape index (κ1) is 17.2. The van der Waals surface area contributed by atoms with Crippen LogP contribution in [0.2, 0.25) is 0 Å². The van der Waals surface area contributed by atoms with Crippen LogP contribution >= 0.6 is 0 Å². The van der Waals surface area contributed by atoms with Crippen molar-refractivity contribution >= 4 is 10.9 Å². The summed E-state index contributed by atoms with van der Waals surface area (Å²) in [7, 11) is 3.52. The van der Waals surface area contributed by atoms with Gasteiger partial charge < -0.3 is 14.8 Å². The largest absolute Gasteiger partial charge is 0.497 e. The molecule has 3 rings (SSSR count). The molecule has 0 aliphatic heterocycles. The summed E-state index contributed by atoms with van der Waals surface area (Å²) in [5.41, 5.74) is 2.38. The van der Waals surface area contributed by atoms with E-state index in [9.17, 15) is 9.90 Å². The molecule has 0 saturated carbocycles. The number of nitrogens with one attached hydrogen (secondary N) is 1. The first-order valence-corrected chi connectivity index (χ1v) is 8.18. The van der Waals surface area contributed by atoms with Crippen LogP contribution in [0.25, 0.3) is 10.9 Å². The Bertz CT molecular complexity index is 903. The van der Waals surface area contributed by atoms with E-state index in [0.717, 1.165) is 22.2 Å². The molecule has 130 valence electrons. The molecular formula is C20H22N2O3. The number of aromatic nitrogens is 1. The van der Waals surface area contributed by atoms with E-state index in [4.69, 9.17) is 4.74 Å². The van der Waals surface area contributed by atoms with Crippen LogP contribution in [0.1, 0.15) is 17.2 Å². The Morgan fingerprint density at radius 2 is 1.88 bits per heavy atom. The molecule has 2 N–H and O–H groups in total. The van der Waals surface area contributed by atoms with Crippen molar-refractivity contribution in [2.24, 2.45) is 0 Å². The summed E-state index contributed by atoms with van der Waals surface area (Å²) < 4.78 is 5.17. The molecule has 1 unspecified atom stereocenters. The molecule has 0 bridgehead atoms. The molecule has 1 aromatic heterocycles. The van der Waals surface area contributed by atoms with Gasteiger partial charge in [0.1, 0.15) is 5.75 Å². The number of hydrogen-bond donors (Lipinski definition) is 2. The molecule has 0 fully saturated rings. The molecule has 0 aliphatic carbocycles. The van der Waals surface area contributed by atoms with Gasteiger partial charge in [0.2, 0.25) is 0 Å². The van der Waals surface area contributed by atoms with Crippen LogP contribution in [-0.2, 0) is 6.54 Å². The van der Waals surface area contributed by atoms with Crippen LogP contribution in [0.4, 0.5) is 0 Å². The summed E-state index contributed by atoms with van der Waals surface area (Å²) in [4.78, 5) is 17.2. The summed E-state index contributed by atoms with van der Waals surface area (Å²) in [6, 6.07) is 17.0. The molecule has 0 amide bonds. The number of rotatable bonds is 6. The van der Waals surface area contributed by atoms with Crippen molar-refractivity contribution in [3.63, 3.8) is 0 Å². The molecule has 25 heavy (non-hydrogen) atoms. The number of H-pyrrole nitrogens is 1. The topological polar surface area (TPSA) is 65.6 Å². The van der Waals surface area contributed by atoms with Crippen molar-refractivity contribution in [3.05, 3.63) is 76.1 Å². The number of methoxy groups -OCH3 is 1. The summed E-state index contributed by atoms with van der Waals surface area (Å²) in [5.74, 6) is 0.772. The lowest BCUT2D eigenvalue weighted by Crippen LogP contribution is -2.29. The Kier molecular flexibility index (Phi) is 5.16. The summed E-state index contributed by atoms with van der Waals surface area (Å²) in [6.07, 6.45) is 0. The summed E-state index contributed by atoms with van der Waals surface area (Å²) in [5, 5.41) is 10.8. The molecule has 1 heterocycles. The Balaban J connectivity index is 1.85. The third-order valence-corrected chi connectivity index (χ3v) is 4.46. The predicted molar refractivity (Wildman–Crippen MR) is 98.9 cm³/mol. The highest BCUT2D eigenvalue weighted by Crippen LogP contribution is 2.23. The Hall–Kier alpha value is -2.63. The molecule has 5 heteroatoms.